The third-order valence-electron chi connectivity index (χ3n) is 8.05. The molecule has 5 fully saturated rings. The first-order valence-corrected chi connectivity index (χ1v) is 14.9. The van der Waals surface area contributed by atoms with Crippen LogP contribution < -0.4 is 5.43 Å². The number of benzene rings is 2. The molecule has 11 heteroatoms. The maximum atomic E-state index is 13.5. The van der Waals surface area contributed by atoms with Gasteiger partial charge in [-0.15, -0.1) is 0 Å². The van der Waals surface area contributed by atoms with E-state index >= 15 is 0 Å². The summed E-state index contributed by atoms with van der Waals surface area (Å²) in [5, 5.41) is 13.6. The predicted octanol–water partition coefficient (Wildman–Crippen LogP) is 6.85. The number of hydrogen-bond donors (Lipinski definition) is 1. The van der Waals surface area contributed by atoms with Crippen molar-refractivity contribution >= 4 is 75.2 Å². The summed E-state index contributed by atoms with van der Waals surface area (Å²) >= 11 is 13.7. The first-order valence-electron chi connectivity index (χ1n) is 12.5. The van der Waals surface area contributed by atoms with Crippen LogP contribution in [-0.4, -0.2) is 26.1 Å². The summed E-state index contributed by atoms with van der Waals surface area (Å²) < 4.78 is 0.253. The Balaban J connectivity index is 1.19. The first-order chi connectivity index (χ1) is 18.2. The summed E-state index contributed by atoms with van der Waals surface area (Å²) in [6.45, 7) is 0. The molecule has 4 aliphatic carbocycles. The van der Waals surface area contributed by atoms with E-state index in [1.54, 1.807) is 42.5 Å². The molecule has 2 amide bonds. The Hall–Kier alpha value is -2.40. The van der Waals surface area contributed by atoms with E-state index in [1.165, 1.54) is 42.1 Å². The van der Waals surface area contributed by atoms with Gasteiger partial charge in [-0.05, 0) is 110 Å². The monoisotopic (exact) mass is 585 g/mol. The van der Waals surface area contributed by atoms with Crippen molar-refractivity contribution in [3.63, 3.8) is 0 Å². The molecular weight excluding hydrogens is 562 g/mol. The lowest BCUT2D eigenvalue weighted by Crippen LogP contribution is -2.57. The Morgan fingerprint density at radius 2 is 1.76 bits per heavy atom. The van der Waals surface area contributed by atoms with Crippen molar-refractivity contribution in [3.05, 3.63) is 68.1 Å². The predicted molar refractivity (Wildman–Crippen MR) is 152 cm³/mol. The van der Waals surface area contributed by atoms with Gasteiger partial charge >= 0.3 is 0 Å². The molecule has 0 unspecified atom stereocenters. The van der Waals surface area contributed by atoms with Crippen LogP contribution in [0.1, 0.15) is 44.1 Å². The lowest BCUT2D eigenvalue weighted by molar-refractivity contribution is -0.387. The van der Waals surface area contributed by atoms with Crippen LogP contribution >= 0.6 is 47.3 Å². The van der Waals surface area contributed by atoms with Crippen LogP contribution in [0.5, 0.6) is 0 Å². The largest absolute Gasteiger partial charge is 0.285 e. The number of carbonyl (C=O) groups excluding carboxylic acids is 2. The highest BCUT2D eigenvalue weighted by Gasteiger charge is 2.55. The third kappa shape index (κ3) is 4.87. The maximum Gasteiger partial charge on any atom is 0.285 e. The molecule has 0 atom stereocenters. The summed E-state index contributed by atoms with van der Waals surface area (Å²) in [5.74, 6) is 1.30. The molecular formula is C27H24ClN3O4S3. The lowest BCUT2D eigenvalue weighted by atomic mass is 9.49. The van der Waals surface area contributed by atoms with Gasteiger partial charge in [-0.3, -0.25) is 25.1 Å². The van der Waals surface area contributed by atoms with Crippen molar-refractivity contribution < 1.29 is 14.5 Å². The SMILES string of the molecule is O=C1/C(=C/c2ccc(Sc3ccc(Cl)cc3)c([N+](=O)[O-])c2)SC(=S)N1NC(=O)C12CC3CC(CC(C3)C1)C2. The number of nitrogens with one attached hydrogen (secondary N) is 1. The summed E-state index contributed by atoms with van der Waals surface area (Å²) in [4.78, 5) is 39.7. The fraction of sp³-hybridized carbons (Fsp3) is 0.370. The van der Waals surface area contributed by atoms with E-state index < -0.39 is 16.2 Å². The molecule has 1 heterocycles. The van der Waals surface area contributed by atoms with Crippen molar-refractivity contribution in [2.24, 2.45) is 23.2 Å². The fourth-order valence-electron chi connectivity index (χ4n) is 6.81. The molecule has 1 N–H and O–H groups in total. The fourth-order valence-corrected chi connectivity index (χ4v) is 9.01. The van der Waals surface area contributed by atoms with E-state index in [9.17, 15) is 19.7 Å². The summed E-state index contributed by atoms with van der Waals surface area (Å²) in [6.07, 6.45) is 7.91. The molecule has 4 bridgehead atoms. The zero-order chi connectivity index (χ0) is 26.6. The number of thiocarbonyl (C=S) groups is 1. The number of halogens is 1. The third-order valence-corrected chi connectivity index (χ3v) is 10.7. The molecule has 4 saturated carbocycles. The lowest BCUT2D eigenvalue weighted by Gasteiger charge is -2.55. The van der Waals surface area contributed by atoms with Gasteiger partial charge < -0.3 is 0 Å². The maximum absolute atomic E-state index is 13.5. The number of rotatable bonds is 6. The molecule has 196 valence electrons. The van der Waals surface area contributed by atoms with Gasteiger partial charge in [0.2, 0.25) is 5.91 Å². The highest BCUT2D eigenvalue weighted by atomic mass is 35.5. The Kier molecular flexibility index (Phi) is 6.78. The Morgan fingerprint density at radius 3 is 2.37 bits per heavy atom. The normalized spacial score (nSPS) is 28.8. The minimum atomic E-state index is -0.438. The zero-order valence-corrected chi connectivity index (χ0v) is 23.4. The summed E-state index contributed by atoms with van der Waals surface area (Å²) in [7, 11) is 0. The number of carbonyl (C=O) groups is 2. The van der Waals surface area contributed by atoms with Crippen molar-refractivity contribution in [1.29, 1.82) is 0 Å². The quantitative estimate of drug-likeness (QED) is 0.171. The van der Waals surface area contributed by atoms with E-state index in [2.05, 4.69) is 5.43 Å². The summed E-state index contributed by atoms with van der Waals surface area (Å²) in [6, 6.07) is 11.9. The molecule has 2 aromatic rings. The van der Waals surface area contributed by atoms with Gasteiger partial charge in [-0.25, -0.2) is 0 Å². The minimum absolute atomic E-state index is 0.0655. The van der Waals surface area contributed by atoms with E-state index in [0.29, 0.717) is 38.1 Å². The second-order valence-electron chi connectivity index (χ2n) is 10.7. The van der Waals surface area contributed by atoms with Crippen LogP contribution in [0.3, 0.4) is 0 Å². The van der Waals surface area contributed by atoms with Gasteiger partial charge in [0.1, 0.15) is 0 Å². The van der Waals surface area contributed by atoms with Crippen molar-refractivity contribution in [2.75, 3.05) is 0 Å². The standard InChI is InChI=1S/C27H24ClN3O4S3/c28-19-2-4-20(5-3-19)37-22-6-1-15(10-21(22)31(34)35)11-23-24(32)30(26(36)38-23)29-25(33)27-12-16-7-17(13-27)9-18(8-16)14-27/h1-6,10-11,16-18H,7-9,12-14H2,(H,29,33)/b23-11-. The number of nitro groups is 1. The van der Waals surface area contributed by atoms with E-state index in [1.807, 2.05) is 0 Å². The van der Waals surface area contributed by atoms with Gasteiger partial charge in [0.05, 0.1) is 20.1 Å². The molecule has 1 aliphatic heterocycles. The van der Waals surface area contributed by atoms with Crippen molar-refractivity contribution in [2.45, 2.75) is 48.3 Å². The summed E-state index contributed by atoms with van der Waals surface area (Å²) in [5.41, 5.74) is 2.88. The number of amides is 2. The Bertz CT molecular complexity index is 1360. The number of hydrazine groups is 1. The molecule has 0 aromatic heterocycles. The van der Waals surface area contributed by atoms with Crippen LogP contribution in [-0.2, 0) is 9.59 Å². The molecule has 7 nitrogen and oxygen atoms in total. The molecule has 38 heavy (non-hydrogen) atoms. The highest BCUT2D eigenvalue weighted by molar-refractivity contribution is 8.26. The van der Waals surface area contributed by atoms with E-state index in [4.69, 9.17) is 23.8 Å². The van der Waals surface area contributed by atoms with Gasteiger partial charge in [-0.2, -0.15) is 5.01 Å². The van der Waals surface area contributed by atoms with Gasteiger partial charge in [0.25, 0.3) is 11.6 Å². The molecule has 0 radical (unpaired) electrons. The number of thioether (sulfide) groups is 1. The van der Waals surface area contributed by atoms with Gasteiger partial charge in [0.15, 0.2) is 4.32 Å². The van der Waals surface area contributed by atoms with E-state index in [-0.39, 0.29) is 15.9 Å². The molecule has 7 rings (SSSR count). The van der Waals surface area contributed by atoms with Crippen LogP contribution in [0.25, 0.3) is 6.08 Å². The average molecular weight is 586 g/mol. The van der Waals surface area contributed by atoms with Crippen LogP contribution in [0.15, 0.2) is 57.2 Å². The number of nitro benzene ring substituents is 1. The number of nitrogens with zero attached hydrogens (tertiary/aromatic N) is 2. The van der Waals surface area contributed by atoms with Crippen LogP contribution in [0.4, 0.5) is 5.69 Å². The molecule has 0 spiro atoms. The van der Waals surface area contributed by atoms with Crippen molar-refractivity contribution in [1.82, 2.24) is 10.4 Å². The van der Waals surface area contributed by atoms with Gasteiger partial charge in [-0.1, -0.05) is 41.2 Å². The van der Waals surface area contributed by atoms with Gasteiger partial charge in [0, 0.05) is 16.0 Å². The van der Waals surface area contributed by atoms with Crippen LogP contribution in [0, 0.1) is 33.3 Å². The topological polar surface area (TPSA) is 92.5 Å². The molecule has 1 saturated heterocycles. The second kappa shape index (κ2) is 9.97. The van der Waals surface area contributed by atoms with Crippen molar-refractivity contribution in [3.8, 4) is 0 Å². The Morgan fingerprint density at radius 1 is 1.13 bits per heavy atom. The second-order valence-corrected chi connectivity index (χ2v) is 13.9. The minimum Gasteiger partial charge on any atom is -0.273 e. The van der Waals surface area contributed by atoms with Crippen LogP contribution in [0.2, 0.25) is 5.02 Å². The average Bonchev–Trinajstić information content (AvgIpc) is 3.12. The zero-order valence-electron chi connectivity index (χ0n) is 20.2. The molecule has 5 aliphatic rings. The smallest absolute Gasteiger partial charge is 0.273 e. The Labute approximate surface area is 238 Å². The van der Waals surface area contributed by atoms with E-state index in [0.717, 1.165) is 35.9 Å². The number of hydrogen-bond acceptors (Lipinski definition) is 7. The highest BCUT2D eigenvalue weighted by Crippen LogP contribution is 2.60. The first kappa shape index (κ1) is 25.9. The molecule has 2 aromatic carbocycles.